The van der Waals surface area contributed by atoms with Crippen LogP contribution in [-0.4, -0.2) is 134 Å². The van der Waals surface area contributed by atoms with Crippen molar-refractivity contribution in [1.82, 2.24) is 0 Å². The standard InChI is InChI=1S/C41H60O12/c1-20-13-25-6-8-28-21(2)14-26(46-28)11-12-41-17-34-37(52-41)38-39(51-34)40(53-41)36-30(50-38)10-9-29(49-36)23(18-42)5-7-27-32(16-31(47-25)22(20)3)48-33(35(27)45-4)15-24(44)19-43/h18,20,23-40,43-44H,2-3,5-17,19H2,1,4H3/t20-,23?,24?,25+,26?,27?,28?,29?,30?,31?,32+,33?,34-,35-,36+,37?,38+,39?,40?,41+/m1/s1. The van der Waals surface area contributed by atoms with Crippen LogP contribution in [0.4, 0.5) is 0 Å². The van der Waals surface area contributed by atoms with E-state index in [1.54, 1.807) is 7.11 Å². The lowest BCUT2D eigenvalue weighted by atomic mass is 9.80. The minimum absolute atomic E-state index is 0.0169. The zero-order valence-electron chi connectivity index (χ0n) is 31.3. The topological polar surface area (TPSA) is 141 Å². The quantitative estimate of drug-likeness (QED) is 0.313. The van der Waals surface area contributed by atoms with E-state index in [2.05, 4.69) is 20.1 Å². The molecule has 0 amide bonds. The molecule has 12 nitrogen and oxygen atoms in total. The van der Waals surface area contributed by atoms with Crippen molar-refractivity contribution < 1.29 is 57.6 Å². The molecule has 0 aliphatic carbocycles. The molecule has 0 aromatic rings. The van der Waals surface area contributed by atoms with Gasteiger partial charge in [0.15, 0.2) is 5.79 Å². The van der Waals surface area contributed by atoms with Crippen LogP contribution in [0, 0.1) is 17.8 Å². The lowest BCUT2D eigenvalue weighted by Gasteiger charge is -2.48. The van der Waals surface area contributed by atoms with Gasteiger partial charge in [0.25, 0.3) is 0 Å². The smallest absolute Gasteiger partial charge is 0.172 e. The molecular weight excluding hydrogens is 684 g/mol. The monoisotopic (exact) mass is 744 g/mol. The highest BCUT2D eigenvalue weighted by molar-refractivity contribution is 5.54. The predicted octanol–water partition coefficient (Wildman–Crippen LogP) is 3.72. The van der Waals surface area contributed by atoms with Crippen LogP contribution < -0.4 is 0 Å². The molecular formula is C41H60O12. The molecule has 12 unspecified atom stereocenters. The molecule has 296 valence electrons. The fourth-order valence-corrected chi connectivity index (χ4v) is 11.6. The Balaban J connectivity index is 1.00. The third-order valence-electron chi connectivity index (χ3n) is 14.4. The number of aliphatic hydroxyl groups is 2. The Morgan fingerprint density at radius 3 is 2.38 bits per heavy atom. The minimum Gasteiger partial charge on any atom is -0.394 e. The molecule has 53 heavy (non-hydrogen) atoms. The summed E-state index contributed by atoms with van der Waals surface area (Å²) in [6, 6.07) is 0. The van der Waals surface area contributed by atoms with E-state index >= 15 is 0 Å². The lowest BCUT2D eigenvalue weighted by molar-refractivity contribution is -0.295. The van der Waals surface area contributed by atoms with Crippen molar-refractivity contribution in [3.05, 3.63) is 24.3 Å². The van der Waals surface area contributed by atoms with E-state index in [-0.39, 0.29) is 116 Å². The van der Waals surface area contributed by atoms with Crippen LogP contribution in [0.3, 0.4) is 0 Å². The van der Waals surface area contributed by atoms with Gasteiger partial charge in [0.1, 0.15) is 36.8 Å². The zero-order chi connectivity index (χ0) is 36.6. The number of rotatable bonds is 5. The van der Waals surface area contributed by atoms with E-state index in [1.807, 2.05) is 0 Å². The Labute approximate surface area is 313 Å². The van der Waals surface area contributed by atoms with Gasteiger partial charge >= 0.3 is 0 Å². The minimum atomic E-state index is -0.921. The summed E-state index contributed by atoms with van der Waals surface area (Å²) in [6.45, 7) is 10.8. The molecule has 10 aliphatic rings. The van der Waals surface area contributed by atoms with Gasteiger partial charge in [-0.25, -0.2) is 0 Å². The van der Waals surface area contributed by atoms with Crippen LogP contribution >= 0.6 is 0 Å². The Morgan fingerprint density at radius 2 is 1.57 bits per heavy atom. The van der Waals surface area contributed by atoms with Crippen LogP contribution in [0.1, 0.15) is 90.4 Å². The average molecular weight is 745 g/mol. The zero-order valence-corrected chi connectivity index (χ0v) is 31.3. The van der Waals surface area contributed by atoms with Crippen molar-refractivity contribution in [2.24, 2.45) is 17.8 Å². The first kappa shape index (κ1) is 37.3. The highest BCUT2D eigenvalue weighted by Gasteiger charge is 2.69. The molecule has 0 aromatic carbocycles. The third-order valence-corrected chi connectivity index (χ3v) is 14.4. The number of methoxy groups -OCH3 is 1. The Morgan fingerprint density at radius 1 is 0.811 bits per heavy atom. The Hall–Kier alpha value is -1.29. The van der Waals surface area contributed by atoms with E-state index in [0.717, 1.165) is 56.0 Å². The Bertz CT molecular complexity index is 1380. The van der Waals surface area contributed by atoms with Crippen LogP contribution in [0.25, 0.3) is 0 Å². The van der Waals surface area contributed by atoms with Crippen molar-refractivity contribution in [3.63, 3.8) is 0 Å². The maximum atomic E-state index is 12.9. The molecule has 12 bridgehead atoms. The highest BCUT2D eigenvalue weighted by Crippen LogP contribution is 2.54. The van der Waals surface area contributed by atoms with Crippen LogP contribution in [-0.2, 0) is 47.4 Å². The van der Waals surface area contributed by atoms with Gasteiger partial charge in [-0.15, -0.1) is 0 Å². The maximum absolute atomic E-state index is 12.9. The van der Waals surface area contributed by atoms with Crippen molar-refractivity contribution in [2.45, 2.75) is 194 Å². The summed E-state index contributed by atoms with van der Waals surface area (Å²) in [6.07, 6.45) is 6.29. The average Bonchev–Trinajstić information content (AvgIpc) is 3.83. The van der Waals surface area contributed by atoms with Gasteiger partial charge in [-0.1, -0.05) is 20.1 Å². The number of aliphatic hydroxyl groups excluding tert-OH is 2. The second kappa shape index (κ2) is 14.9. The van der Waals surface area contributed by atoms with Gasteiger partial charge < -0.3 is 57.6 Å². The van der Waals surface area contributed by atoms with Crippen molar-refractivity contribution >= 4 is 6.29 Å². The van der Waals surface area contributed by atoms with Crippen molar-refractivity contribution in [2.75, 3.05) is 13.7 Å². The van der Waals surface area contributed by atoms with Crippen LogP contribution in [0.5, 0.6) is 0 Å². The first-order chi connectivity index (χ1) is 25.7. The summed E-state index contributed by atoms with van der Waals surface area (Å²) < 4.78 is 60.3. The number of aldehydes is 1. The first-order valence-electron chi connectivity index (χ1n) is 20.6. The number of hydrogen-bond donors (Lipinski definition) is 2. The van der Waals surface area contributed by atoms with E-state index in [9.17, 15) is 15.0 Å². The molecule has 10 aliphatic heterocycles. The number of fused-ring (bicyclic) bond motifs is 6. The van der Waals surface area contributed by atoms with E-state index in [0.29, 0.717) is 38.5 Å². The van der Waals surface area contributed by atoms with Gasteiger partial charge in [-0.2, -0.15) is 0 Å². The van der Waals surface area contributed by atoms with E-state index in [4.69, 9.17) is 42.6 Å². The number of ether oxygens (including phenoxy) is 9. The fraction of sp³-hybridized carbons (Fsp3) is 0.878. The number of hydrogen-bond acceptors (Lipinski definition) is 12. The molecule has 0 aromatic heterocycles. The molecule has 0 saturated carbocycles. The third kappa shape index (κ3) is 6.83. The number of carbonyl (C=O) groups excluding carboxylic acids is 1. The second-order valence-electron chi connectivity index (χ2n) is 17.7. The summed E-state index contributed by atoms with van der Waals surface area (Å²) in [5.41, 5.74) is 2.21. The van der Waals surface area contributed by atoms with Crippen LogP contribution in [0.15, 0.2) is 24.3 Å². The molecule has 0 radical (unpaired) electrons. The van der Waals surface area contributed by atoms with Gasteiger partial charge in [0.2, 0.25) is 0 Å². The highest BCUT2D eigenvalue weighted by atomic mass is 16.8. The van der Waals surface area contributed by atoms with Gasteiger partial charge in [-0.05, 0) is 74.9 Å². The summed E-state index contributed by atoms with van der Waals surface area (Å²) in [4.78, 5) is 12.9. The molecule has 10 fully saturated rings. The van der Waals surface area contributed by atoms with Gasteiger partial charge in [-0.3, -0.25) is 0 Å². The first-order valence-corrected chi connectivity index (χ1v) is 20.6. The lowest BCUT2D eigenvalue weighted by Crippen LogP contribution is -2.62. The normalized spacial score (nSPS) is 52.9. The summed E-state index contributed by atoms with van der Waals surface area (Å²) >= 11 is 0. The van der Waals surface area contributed by atoms with Gasteiger partial charge in [0, 0.05) is 44.6 Å². The molecule has 10 saturated heterocycles. The molecule has 10 rings (SSSR count). The molecule has 2 N–H and O–H groups in total. The Kier molecular flexibility index (Phi) is 10.5. The fourth-order valence-electron chi connectivity index (χ4n) is 11.6. The second-order valence-corrected chi connectivity index (χ2v) is 17.7. The summed E-state index contributed by atoms with van der Waals surface area (Å²) in [5, 5.41) is 20.2. The van der Waals surface area contributed by atoms with Crippen LogP contribution in [0.2, 0.25) is 0 Å². The summed E-state index contributed by atoms with van der Waals surface area (Å²) in [5.74, 6) is -0.922. The maximum Gasteiger partial charge on any atom is 0.172 e. The van der Waals surface area contributed by atoms with Crippen molar-refractivity contribution in [1.29, 1.82) is 0 Å². The van der Waals surface area contributed by atoms with E-state index < -0.39 is 18.0 Å². The van der Waals surface area contributed by atoms with Gasteiger partial charge in [0.05, 0.1) is 73.8 Å². The predicted molar refractivity (Wildman–Crippen MR) is 189 cm³/mol. The molecule has 1 spiro atoms. The van der Waals surface area contributed by atoms with E-state index in [1.165, 1.54) is 0 Å². The molecule has 10 heterocycles. The molecule has 12 heteroatoms. The summed E-state index contributed by atoms with van der Waals surface area (Å²) in [7, 11) is 1.68. The number of carbonyl (C=O) groups is 1. The van der Waals surface area contributed by atoms with Crippen molar-refractivity contribution in [3.8, 4) is 0 Å². The largest absolute Gasteiger partial charge is 0.394 e. The molecule has 20 atom stereocenters. The SMILES string of the molecule is C=C1CC2CC[C@@]34C[C@H]5OC6C(O3)[C@H]3OC(CCC3O[C@H]6C5O4)C(C=O)CCC3[C@@H](OC)C(CC(O)CO)O[C@H]3CC3O[C@@H](CCC1O2)C[C@@H](C)C3=C.